The molecule has 2 saturated carbocycles. The average Bonchev–Trinajstić information content (AvgIpc) is 3.09. The van der Waals surface area contributed by atoms with Crippen molar-refractivity contribution >= 4 is 17.3 Å². The topological polar surface area (TPSA) is 15.3 Å². The average molecular weight is 342 g/mol. The van der Waals surface area contributed by atoms with Gasteiger partial charge in [0.25, 0.3) is 0 Å². The van der Waals surface area contributed by atoms with Crippen LogP contribution in [0.25, 0.3) is 0 Å². The van der Waals surface area contributed by atoms with Gasteiger partial charge in [0.15, 0.2) is 5.11 Å². The minimum atomic E-state index is -4.27. The van der Waals surface area contributed by atoms with Crippen molar-refractivity contribution in [2.45, 2.75) is 44.4 Å². The first-order valence-corrected chi connectivity index (χ1v) is 8.47. The third kappa shape index (κ3) is 4.37. The van der Waals surface area contributed by atoms with Crippen LogP contribution in [0.2, 0.25) is 0 Å². The minimum absolute atomic E-state index is 0.174. The van der Waals surface area contributed by atoms with Gasteiger partial charge in [0.05, 0.1) is 0 Å². The smallest absolute Gasteiger partial charge is 0.360 e. The van der Waals surface area contributed by atoms with E-state index in [1.54, 1.807) is 0 Å². The Morgan fingerprint density at radius 1 is 1.17 bits per heavy atom. The van der Waals surface area contributed by atoms with Crippen LogP contribution in [-0.2, 0) is 6.54 Å². The lowest BCUT2D eigenvalue weighted by atomic mass is 9.95. The first-order chi connectivity index (χ1) is 10.9. The summed E-state index contributed by atoms with van der Waals surface area (Å²) in [6.45, 7) is -0.846. The molecule has 0 spiro atoms. The Labute approximate surface area is 140 Å². The molecule has 1 aromatic rings. The molecular formula is C17H21F3N2S. The summed E-state index contributed by atoms with van der Waals surface area (Å²) in [5.74, 6) is 1.30. The zero-order valence-corrected chi connectivity index (χ0v) is 13.7. The number of alkyl halides is 3. The zero-order valence-electron chi connectivity index (χ0n) is 12.9. The second kappa shape index (κ2) is 6.67. The van der Waals surface area contributed by atoms with E-state index in [9.17, 15) is 13.2 Å². The van der Waals surface area contributed by atoms with Crippen LogP contribution in [-0.4, -0.2) is 28.8 Å². The lowest BCUT2D eigenvalue weighted by molar-refractivity contribution is -0.138. The highest BCUT2D eigenvalue weighted by Crippen LogP contribution is 2.44. The van der Waals surface area contributed by atoms with Crippen LogP contribution >= 0.6 is 12.2 Å². The van der Waals surface area contributed by atoms with Crippen molar-refractivity contribution in [3.63, 3.8) is 0 Å². The molecule has 3 atom stereocenters. The van der Waals surface area contributed by atoms with Crippen LogP contribution in [0.3, 0.4) is 0 Å². The third-order valence-electron chi connectivity index (χ3n) is 4.92. The van der Waals surface area contributed by atoms with Crippen LogP contribution in [0.15, 0.2) is 30.3 Å². The van der Waals surface area contributed by atoms with E-state index >= 15 is 0 Å². The highest BCUT2D eigenvalue weighted by atomic mass is 32.1. The molecule has 0 aromatic heterocycles. The lowest BCUT2D eigenvalue weighted by Crippen LogP contribution is -2.48. The maximum absolute atomic E-state index is 12.9. The van der Waals surface area contributed by atoms with E-state index in [4.69, 9.17) is 12.2 Å². The summed E-state index contributed by atoms with van der Waals surface area (Å²) in [5.41, 5.74) is 0.828. The van der Waals surface area contributed by atoms with Gasteiger partial charge in [-0.15, -0.1) is 0 Å². The number of halogens is 3. The highest BCUT2D eigenvalue weighted by molar-refractivity contribution is 7.80. The quantitative estimate of drug-likeness (QED) is 0.829. The molecule has 2 bridgehead atoms. The molecule has 2 aliphatic carbocycles. The van der Waals surface area contributed by atoms with Gasteiger partial charge in [0, 0.05) is 12.6 Å². The van der Waals surface area contributed by atoms with Gasteiger partial charge in [-0.2, -0.15) is 13.2 Å². The molecule has 2 fully saturated rings. The van der Waals surface area contributed by atoms with Gasteiger partial charge < -0.3 is 10.2 Å². The Morgan fingerprint density at radius 2 is 1.91 bits per heavy atom. The van der Waals surface area contributed by atoms with E-state index in [1.807, 2.05) is 30.3 Å². The summed E-state index contributed by atoms with van der Waals surface area (Å²) >= 11 is 5.31. The molecule has 0 aliphatic heterocycles. The number of rotatable bonds is 4. The van der Waals surface area contributed by atoms with Crippen molar-refractivity contribution < 1.29 is 13.2 Å². The van der Waals surface area contributed by atoms with Crippen LogP contribution in [0.1, 0.15) is 31.2 Å². The first kappa shape index (κ1) is 16.6. The summed E-state index contributed by atoms with van der Waals surface area (Å²) in [6.07, 6.45) is 0.387. The summed E-state index contributed by atoms with van der Waals surface area (Å²) < 4.78 is 38.7. The fourth-order valence-electron chi connectivity index (χ4n) is 3.89. The van der Waals surface area contributed by atoms with Gasteiger partial charge in [-0.05, 0) is 48.9 Å². The molecule has 126 valence electrons. The third-order valence-corrected chi connectivity index (χ3v) is 5.30. The normalized spacial score (nSPS) is 26.3. The predicted octanol–water partition coefficient (Wildman–Crippen LogP) is 4.11. The van der Waals surface area contributed by atoms with E-state index < -0.39 is 12.7 Å². The van der Waals surface area contributed by atoms with Gasteiger partial charge in [-0.1, -0.05) is 36.8 Å². The molecule has 2 aliphatic rings. The van der Waals surface area contributed by atoms with E-state index in [0.29, 0.717) is 5.92 Å². The summed E-state index contributed by atoms with van der Waals surface area (Å²) in [7, 11) is 0. The zero-order chi connectivity index (χ0) is 16.4. The second-order valence-electron chi connectivity index (χ2n) is 6.69. The molecule has 1 N–H and O–H groups in total. The molecule has 0 radical (unpaired) electrons. The maximum atomic E-state index is 12.9. The summed E-state index contributed by atoms with van der Waals surface area (Å²) in [6, 6.07) is 9.39. The Kier molecular flexibility index (Phi) is 4.80. The Hall–Kier alpha value is -1.30. The van der Waals surface area contributed by atoms with Crippen molar-refractivity contribution in [2.24, 2.45) is 11.8 Å². The standard InChI is InChI=1S/C17H21F3N2S/c18-17(19,20)11-22(10-12-4-2-1-3-5-12)16(23)21-15-9-13-6-7-14(15)8-13/h1-5,13-15H,6-11H2,(H,21,23). The van der Waals surface area contributed by atoms with Gasteiger partial charge >= 0.3 is 6.18 Å². The van der Waals surface area contributed by atoms with E-state index in [2.05, 4.69) is 5.32 Å². The molecule has 0 saturated heterocycles. The van der Waals surface area contributed by atoms with Crippen LogP contribution < -0.4 is 5.32 Å². The number of thiocarbonyl (C=S) groups is 1. The number of fused-ring (bicyclic) bond motifs is 2. The monoisotopic (exact) mass is 342 g/mol. The van der Waals surface area contributed by atoms with Gasteiger partial charge in [0.2, 0.25) is 0 Å². The number of hydrogen-bond donors (Lipinski definition) is 1. The number of benzene rings is 1. The lowest BCUT2D eigenvalue weighted by Gasteiger charge is -2.31. The molecule has 1 aromatic carbocycles. The Morgan fingerprint density at radius 3 is 2.48 bits per heavy atom. The van der Waals surface area contributed by atoms with E-state index in [-0.39, 0.29) is 17.7 Å². The fraction of sp³-hybridized carbons (Fsp3) is 0.588. The maximum Gasteiger partial charge on any atom is 0.406 e. The molecule has 23 heavy (non-hydrogen) atoms. The molecule has 2 nitrogen and oxygen atoms in total. The number of hydrogen-bond acceptors (Lipinski definition) is 1. The van der Waals surface area contributed by atoms with Crippen molar-refractivity contribution in [1.82, 2.24) is 10.2 Å². The number of nitrogens with one attached hydrogen (secondary N) is 1. The minimum Gasteiger partial charge on any atom is -0.360 e. The summed E-state index contributed by atoms with van der Waals surface area (Å²) in [5, 5.41) is 3.44. The largest absolute Gasteiger partial charge is 0.406 e. The van der Waals surface area contributed by atoms with Crippen molar-refractivity contribution in [3.05, 3.63) is 35.9 Å². The Bertz CT molecular complexity index is 547. The molecular weight excluding hydrogens is 321 g/mol. The van der Waals surface area contributed by atoms with Crippen molar-refractivity contribution in [1.29, 1.82) is 0 Å². The van der Waals surface area contributed by atoms with Crippen LogP contribution in [0.5, 0.6) is 0 Å². The second-order valence-corrected chi connectivity index (χ2v) is 7.07. The van der Waals surface area contributed by atoms with Gasteiger partial charge in [-0.25, -0.2) is 0 Å². The van der Waals surface area contributed by atoms with E-state index in [0.717, 1.165) is 17.9 Å². The van der Waals surface area contributed by atoms with Crippen LogP contribution in [0.4, 0.5) is 13.2 Å². The van der Waals surface area contributed by atoms with Crippen molar-refractivity contribution in [2.75, 3.05) is 6.54 Å². The number of nitrogens with zero attached hydrogens (tertiary/aromatic N) is 1. The molecule has 3 unspecified atom stereocenters. The van der Waals surface area contributed by atoms with Crippen LogP contribution in [0, 0.1) is 11.8 Å². The fourth-order valence-corrected chi connectivity index (χ4v) is 4.17. The van der Waals surface area contributed by atoms with E-state index in [1.165, 1.54) is 24.2 Å². The molecule has 0 amide bonds. The van der Waals surface area contributed by atoms with Gasteiger partial charge in [0.1, 0.15) is 6.54 Å². The molecule has 3 rings (SSSR count). The first-order valence-electron chi connectivity index (χ1n) is 8.07. The summed E-state index contributed by atoms with van der Waals surface area (Å²) in [4.78, 5) is 1.23. The molecule has 6 heteroatoms. The molecule has 0 heterocycles. The SMILES string of the molecule is FC(F)(F)CN(Cc1ccccc1)C(=S)NC1CC2CCC1C2. The predicted molar refractivity (Wildman–Crippen MR) is 87.9 cm³/mol. The highest BCUT2D eigenvalue weighted by Gasteiger charge is 2.40. The van der Waals surface area contributed by atoms with Crippen molar-refractivity contribution in [3.8, 4) is 0 Å². The van der Waals surface area contributed by atoms with Gasteiger partial charge in [-0.3, -0.25) is 0 Å². The Balaban J connectivity index is 1.65.